The molecule has 0 heterocycles. The first kappa shape index (κ1) is 21.3. The molecule has 0 spiro atoms. The highest BCUT2D eigenvalue weighted by Gasteiger charge is 2.13. The number of hydrogen-bond acceptors (Lipinski definition) is 0. The van der Waals surface area contributed by atoms with Gasteiger partial charge in [0, 0.05) is 1.43 Å². The van der Waals surface area contributed by atoms with Gasteiger partial charge in [-0.1, -0.05) is 92.9 Å². The van der Waals surface area contributed by atoms with E-state index in [9.17, 15) is 0 Å². The topological polar surface area (TPSA) is 31.5 Å². The molecule has 0 amide bonds. The summed E-state index contributed by atoms with van der Waals surface area (Å²) >= 11 is 0. The Morgan fingerprint density at radius 2 is 0.579 bits per heavy atom. The third-order valence-electron chi connectivity index (χ3n) is 4.61. The summed E-state index contributed by atoms with van der Waals surface area (Å²) in [4.78, 5) is 0. The van der Waals surface area contributed by atoms with E-state index in [1.807, 2.05) is 13.8 Å². The number of hydrogen-bond donors (Lipinski definition) is 0. The molecular weight excluding hydrogens is 232 g/mol. The molecule has 1 nitrogen and oxygen atoms in total. The Kier molecular flexibility index (Phi) is 14.5. The van der Waals surface area contributed by atoms with Crippen molar-refractivity contribution in [2.75, 3.05) is 0 Å². The standard InChI is InChI=1S/2C8H16.C2H6.H2O.H2/c2*1-7-3-5-8(2)6-4-7;1-2;;/h2*7-8H,3-6H2,1-2H3;1-2H3;1H2;1H. The van der Waals surface area contributed by atoms with Gasteiger partial charge in [-0.25, -0.2) is 0 Å². The molecule has 2 aliphatic rings. The van der Waals surface area contributed by atoms with Crippen molar-refractivity contribution in [1.29, 1.82) is 0 Å². The van der Waals surface area contributed by atoms with Crippen LogP contribution in [0.1, 0.15) is 94.3 Å². The second-order valence-corrected chi connectivity index (χ2v) is 6.73. The second kappa shape index (κ2) is 13.0. The highest BCUT2D eigenvalue weighted by molar-refractivity contribution is 4.66. The minimum absolute atomic E-state index is 0. The molecule has 2 aliphatic carbocycles. The molecule has 2 fully saturated rings. The van der Waals surface area contributed by atoms with Crippen molar-refractivity contribution in [1.82, 2.24) is 0 Å². The summed E-state index contributed by atoms with van der Waals surface area (Å²) in [5.41, 5.74) is 0. The Hall–Kier alpha value is -0.0400. The first-order chi connectivity index (χ1) is 8.58. The average molecular weight is 275 g/mol. The fourth-order valence-corrected chi connectivity index (χ4v) is 2.85. The van der Waals surface area contributed by atoms with Crippen molar-refractivity contribution in [3.63, 3.8) is 0 Å². The highest BCUT2D eigenvalue weighted by atomic mass is 16.0. The van der Waals surface area contributed by atoms with E-state index in [0.29, 0.717) is 0 Å². The molecule has 120 valence electrons. The van der Waals surface area contributed by atoms with Crippen molar-refractivity contribution in [3.8, 4) is 0 Å². The van der Waals surface area contributed by atoms with Crippen LogP contribution in [0, 0.1) is 23.7 Å². The Labute approximate surface area is 124 Å². The van der Waals surface area contributed by atoms with Crippen LogP contribution in [0.4, 0.5) is 0 Å². The van der Waals surface area contributed by atoms with E-state index in [1.54, 1.807) is 0 Å². The van der Waals surface area contributed by atoms with Crippen molar-refractivity contribution in [2.45, 2.75) is 92.9 Å². The fraction of sp³-hybridized carbons (Fsp3) is 1.00. The van der Waals surface area contributed by atoms with Crippen LogP contribution in [0.5, 0.6) is 0 Å². The van der Waals surface area contributed by atoms with Crippen LogP contribution in [0.15, 0.2) is 0 Å². The highest BCUT2D eigenvalue weighted by Crippen LogP contribution is 2.27. The second-order valence-electron chi connectivity index (χ2n) is 6.73. The number of rotatable bonds is 0. The summed E-state index contributed by atoms with van der Waals surface area (Å²) in [6, 6.07) is 0. The van der Waals surface area contributed by atoms with Crippen LogP contribution in [0.3, 0.4) is 0 Å². The smallest absolute Gasteiger partial charge is 0 e. The molecule has 0 aromatic rings. The molecule has 0 radical (unpaired) electrons. The quantitative estimate of drug-likeness (QED) is 0.510. The molecule has 2 rings (SSSR count). The molecule has 0 saturated heterocycles. The molecule has 2 N–H and O–H groups in total. The maximum atomic E-state index is 2.37. The first-order valence-electron chi connectivity index (χ1n) is 8.58. The Balaban J connectivity index is -0.000000236. The Morgan fingerprint density at radius 1 is 0.474 bits per heavy atom. The van der Waals surface area contributed by atoms with Gasteiger partial charge >= 0.3 is 0 Å². The molecule has 0 aliphatic heterocycles. The van der Waals surface area contributed by atoms with Gasteiger partial charge in [0.15, 0.2) is 0 Å². The maximum absolute atomic E-state index is 2.37. The van der Waals surface area contributed by atoms with E-state index in [0.717, 1.165) is 23.7 Å². The van der Waals surface area contributed by atoms with Gasteiger partial charge in [-0.15, -0.1) is 0 Å². The maximum Gasteiger partial charge on any atom is 0 e. The lowest BCUT2D eigenvalue weighted by molar-refractivity contribution is 0.308. The minimum Gasteiger partial charge on any atom is -0.412 e. The average Bonchev–Trinajstić information content (AvgIpc) is 2.40. The van der Waals surface area contributed by atoms with Crippen LogP contribution < -0.4 is 0 Å². The van der Waals surface area contributed by atoms with E-state index < -0.39 is 0 Å². The Morgan fingerprint density at radius 3 is 0.684 bits per heavy atom. The van der Waals surface area contributed by atoms with Crippen molar-refractivity contribution < 1.29 is 6.90 Å². The van der Waals surface area contributed by atoms with E-state index in [1.165, 1.54) is 51.4 Å². The summed E-state index contributed by atoms with van der Waals surface area (Å²) in [6.45, 7) is 13.5. The first-order valence-corrected chi connectivity index (χ1v) is 8.58. The van der Waals surface area contributed by atoms with Crippen molar-refractivity contribution >= 4 is 0 Å². The van der Waals surface area contributed by atoms with Crippen LogP contribution in [-0.4, -0.2) is 5.48 Å². The normalized spacial score (nSPS) is 33.8. The minimum atomic E-state index is 0. The van der Waals surface area contributed by atoms with Crippen LogP contribution >= 0.6 is 0 Å². The van der Waals surface area contributed by atoms with Gasteiger partial charge in [-0.3, -0.25) is 0 Å². The lowest BCUT2D eigenvalue weighted by Gasteiger charge is -2.22. The Bertz CT molecular complexity index is 128. The van der Waals surface area contributed by atoms with Crippen LogP contribution in [0.25, 0.3) is 0 Å². The van der Waals surface area contributed by atoms with Gasteiger partial charge in [0.05, 0.1) is 0 Å². The molecule has 0 bridgehead atoms. The van der Waals surface area contributed by atoms with Gasteiger partial charge in [0.2, 0.25) is 0 Å². The lowest BCUT2D eigenvalue weighted by atomic mass is 9.84. The molecule has 0 atom stereocenters. The zero-order valence-corrected chi connectivity index (χ0v) is 14.5. The molecule has 1 heteroatoms. The van der Waals surface area contributed by atoms with E-state index >= 15 is 0 Å². The van der Waals surface area contributed by atoms with E-state index in [2.05, 4.69) is 27.7 Å². The van der Waals surface area contributed by atoms with Gasteiger partial charge in [-0.05, 0) is 23.7 Å². The summed E-state index contributed by atoms with van der Waals surface area (Å²) in [6.07, 6.45) is 11.8. The summed E-state index contributed by atoms with van der Waals surface area (Å²) in [5.74, 6) is 4.08. The van der Waals surface area contributed by atoms with Crippen LogP contribution in [-0.2, 0) is 0 Å². The van der Waals surface area contributed by atoms with Gasteiger partial charge in [-0.2, -0.15) is 0 Å². The largest absolute Gasteiger partial charge is 0.412 e. The monoisotopic (exact) mass is 274 g/mol. The summed E-state index contributed by atoms with van der Waals surface area (Å²) < 4.78 is 0. The fourth-order valence-electron chi connectivity index (χ4n) is 2.85. The van der Waals surface area contributed by atoms with E-state index in [-0.39, 0.29) is 6.90 Å². The van der Waals surface area contributed by atoms with Crippen LogP contribution in [0.2, 0.25) is 0 Å². The van der Waals surface area contributed by atoms with Crippen molar-refractivity contribution in [3.05, 3.63) is 0 Å². The molecule has 0 aromatic carbocycles. The molecule has 2 saturated carbocycles. The zero-order valence-electron chi connectivity index (χ0n) is 14.5. The summed E-state index contributed by atoms with van der Waals surface area (Å²) in [7, 11) is 0. The van der Waals surface area contributed by atoms with Gasteiger partial charge < -0.3 is 5.48 Å². The molecule has 0 unspecified atom stereocenters. The lowest BCUT2D eigenvalue weighted by Crippen LogP contribution is -2.08. The third-order valence-corrected chi connectivity index (χ3v) is 4.61. The SMILES string of the molecule is CC.CC1CCC(C)CC1.CC1CCC(C)CC1.O.[HH]. The zero-order chi connectivity index (χ0) is 14.0. The third kappa shape index (κ3) is 11.5. The predicted octanol–water partition coefficient (Wildman–Crippen LogP) is 6.11. The molecular formula is C18H42O. The van der Waals surface area contributed by atoms with Crippen molar-refractivity contribution in [2.24, 2.45) is 23.7 Å². The molecule has 0 aromatic heterocycles. The van der Waals surface area contributed by atoms with E-state index in [4.69, 9.17) is 0 Å². The van der Waals surface area contributed by atoms with Gasteiger partial charge in [0.25, 0.3) is 0 Å². The predicted molar refractivity (Wildman–Crippen MR) is 90.7 cm³/mol. The van der Waals surface area contributed by atoms with Gasteiger partial charge in [0.1, 0.15) is 0 Å². The summed E-state index contributed by atoms with van der Waals surface area (Å²) in [5, 5.41) is 0. The molecule has 19 heavy (non-hydrogen) atoms.